The highest BCUT2D eigenvalue weighted by molar-refractivity contribution is 7.20. The van der Waals surface area contributed by atoms with Crippen molar-refractivity contribution in [1.82, 2.24) is 19.9 Å². The SMILES string of the molecule is COC(=O)C(Cn1ccnc1)NC(=O)c1nc2ccc(C)cc2s1. The van der Waals surface area contributed by atoms with E-state index in [2.05, 4.69) is 15.3 Å². The third kappa shape index (κ3) is 3.43. The van der Waals surface area contributed by atoms with Gasteiger partial charge >= 0.3 is 5.97 Å². The summed E-state index contributed by atoms with van der Waals surface area (Å²) in [4.78, 5) is 32.6. The van der Waals surface area contributed by atoms with E-state index < -0.39 is 17.9 Å². The van der Waals surface area contributed by atoms with Gasteiger partial charge in [-0.05, 0) is 24.6 Å². The summed E-state index contributed by atoms with van der Waals surface area (Å²) < 4.78 is 7.40. The molecule has 8 heteroatoms. The van der Waals surface area contributed by atoms with Crippen molar-refractivity contribution in [3.8, 4) is 0 Å². The Labute approximate surface area is 142 Å². The maximum Gasteiger partial charge on any atom is 0.330 e. The molecule has 1 atom stereocenters. The molecule has 0 fully saturated rings. The van der Waals surface area contributed by atoms with Crippen molar-refractivity contribution in [3.63, 3.8) is 0 Å². The number of carbonyl (C=O) groups is 2. The molecule has 1 unspecified atom stereocenters. The molecule has 0 aliphatic heterocycles. The molecule has 24 heavy (non-hydrogen) atoms. The maximum absolute atomic E-state index is 12.5. The fourth-order valence-corrected chi connectivity index (χ4v) is 3.24. The predicted molar refractivity (Wildman–Crippen MR) is 89.9 cm³/mol. The molecule has 3 aromatic rings. The van der Waals surface area contributed by atoms with E-state index in [1.165, 1.54) is 18.4 Å². The minimum Gasteiger partial charge on any atom is -0.467 e. The van der Waals surface area contributed by atoms with E-state index >= 15 is 0 Å². The van der Waals surface area contributed by atoms with Crippen LogP contribution < -0.4 is 5.32 Å². The molecule has 0 saturated heterocycles. The van der Waals surface area contributed by atoms with Crippen molar-refractivity contribution in [2.45, 2.75) is 19.5 Å². The molecule has 0 spiro atoms. The summed E-state index contributed by atoms with van der Waals surface area (Å²) >= 11 is 1.29. The van der Waals surface area contributed by atoms with Crippen LogP contribution in [0.2, 0.25) is 0 Å². The van der Waals surface area contributed by atoms with Crippen LogP contribution in [0.15, 0.2) is 36.9 Å². The van der Waals surface area contributed by atoms with Gasteiger partial charge in [-0.15, -0.1) is 11.3 Å². The van der Waals surface area contributed by atoms with Gasteiger partial charge in [-0.25, -0.2) is 14.8 Å². The molecule has 2 aromatic heterocycles. The highest BCUT2D eigenvalue weighted by Gasteiger charge is 2.24. The number of aromatic nitrogens is 3. The number of nitrogens with zero attached hydrogens (tertiary/aromatic N) is 3. The molecule has 1 N–H and O–H groups in total. The predicted octanol–water partition coefficient (Wildman–Crippen LogP) is 1.77. The van der Waals surface area contributed by atoms with Gasteiger partial charge in [0.2, 0.25) is 0 Å². The first-order valence-electron chi connectivity index (χ1n) is 7.28. The average Bonchev–Trinajstić information content (AvgIpc) is 3.22. The van der Waals surface area contributed by atoms with E-state index in [0.29, 0.717) is 5.01 Å². The quantitative estimate of drug-likeness (QED) is 0.713. The summed E-state index contributed by atoms with van der Waals surface area (Å²) in [5, 5.41) is 3.00. The zero-order chi connectivity index (χ0) is 17.1. The highest BCUT2D eigenvalue weighted by atomic mass is 32.1. The van der Waals surface area contributed by atoms with Crippen LogP contribution in [0.1, 0.15) is 15.4 Å². The molecule has 0 aliphatic carbocycles. The molecule has 0 bridgehead atoms. The number of fused-ring (bicyclic) bond motifs is 1. The lowest BCUT2D eigenvalue weighted by Crippen LogP contribution is -2.44. The summed E-state index contributed by atoms with van der Waals surface area (Å²) in [6.45, 7) is 2.22. The van der Waals surface area contributed by atoms with Gasteiger partial charge in [-0.1, -0.05) is 6.07 Å². The van der Waals surface area contributed by atoms with Crippen LogP contribution in [0.4, 0.5) is 0 Å². The van der Waals surface area contributed by atoms with Crippen LogP contribution >= 0.6 is 11.3 Å². The molecule has 0 radical (unpaired) electrons. The molecular formula is C16H16N4O3S. The fraction of sp³-hybridized carbons (Fsp3) is 0.250. The Morgan fingerprint density at radius 2 is 2.25 bits per heavy atom. The van der Waals surface area contributed by atoms with E-state index in [-0.39, 0.29) is 6.54 Å². The maximum atomic E-state index is 12.5. The van der Waals surface area contributed by atoms with Crippen molar-refractivity contribution >= 4 is 33.4 Å². The first-order valence-corrected chi connectivity index (χ1v) is 8.10. The second-order valence-electron chi connectivity index (χ2n) is 5.30. The van der Waals surface area contributed by atoms with Gasteiger partial charge in [-0.2, -0.15) is 0 Å². The monoisotopic (exact) mass is 344 g/mol. The number of hydrogen-bond donors (Lipinski definition) is 1. The molecular weight excluding hydrogens is 328 g/mol. The van der Waals surface area contributed by atoms with Gasteiger partial charge in [0.25, 0.3) is 5.91 Å². The van der Waals surface area contributed by atoms with Crippen LogP contribution in [0.5, 0.6) is 0 Å². The van der Waals surface area contributed by atoms with E-state index in [0.717, 1.165) is 15.8 Å². The lowest BCUT2D eigenvalue weighted by Gasteiger charge is -2.16. The molecule has 3 rings (SSSR count). The van der Waals surface area contributed by atoms with Crippen LogP contribution in [-0.4, -0.2) is 39.6 Å². The fourth-order valence-electron chi connectivity index (χ4n) is 2.28. The van der Waals surface area contributed by atoms with Crippen molar-refractivity contribution in [1.29, 1.82) is 0 Å². The van der Waals surface area contributed by atoms with E-state index in [9.17, 15) is 9.59 Å². The van der Waals surface area contributed by atoms with Crippen LogP contribution in [0, 0.1) is 6.92 Å². The number of hydrogen-bond acceptors (Lipinski definition) is 6. The van der Waals surface area contributed by atoms with Crippen molar-refractivity contribution in [2.75, 3.05) is 7.11 Å². The van der Waals surface area contributed by atoms with E-state index in [1.54, 1.807) is 23.3 Å². The normalized spacial score (nSPS) is 12.1. The topological polar surface area (TPSA) is 86.1 Å². The lowest BCUT2D eigenvalue weighted by molar-refractivity contribution is -0.143. The van der Waals surface area contributed by atoms with E-state index in [4.69, 9.17) is 4.74 Å². The van der Waals surface area contributed by atoms with Gasteiger partial charge in [0.05, 0.1) is 30.2 Å². The summed E-state index contributed by atoms with van der Waals surface area (Å²) in [5.74, 6) is -0.918. The van der Waals surface area contributed by atoms with Gasteiger partial charge in [0.1, 0.15) is 6.04 Å². The van der Waals surface area contributed by atoms with Crippen LogP contribution in [0.25, 0.3) is 10.2 Å². The van der Waals surface area contributed by atoms with Gasteiger partial charge < -0.3 is 14.6 Å². The summed E-state index contributed by atoms with van der Waals surface area (Å²) in [7, 11) is 1.29. The Morgan fingerprint density at radius 3 is 2.96 bits per heavy atom. The second-order valence-corrected chi connectivity index (χ2v) is 6.33. The Kier molecular flexibility index (Phi) is 4.57. The number of imidazole rings is 1. The smallest absolute Gasteiger partial charge is 0.330 e. The number of rotatable bonds is 5. The first-order chi connectivity index (χ1) is 11.6. The number of aryl methyl sites for hydroxylation is 1. The zero-order valence-corrected chi connectivity index (χ0v) is 14.0. The number of thiazole rings is 1. The Morgan fingerprint density at radius 1 is 1.42 bits per heavy atom. The first kappa shape index (κ1) is 16.1. The zero-order valence-electron chi connectivity index (χ0n) is 13.2. The van der Waals surface area contributed by atoms with Crippen molar-refractivity contribution < 1.29 is 14.3 Å². The molecule has 1 aromatic carbocycles. The summed E-state index contributed by atoms with van der Waals surface area (Å²) in [6, 6.07) is 4.99. The average molecular weight is 344 g/mol. The van der Waals surface area contributed by atoms with Gasteiger partial charge in [-0.3, -0.25) is 4.79 Å². The Bertz CT molecular complexity index is 873. The Balaban J connectivity index is 1.79. The second kappa shape index (κ2) is 6.79. The molecule has 0 aliphatic rings. The van der Waals surface area contributed by atoms with E-state index in [1.807, 2.05) is 25.1 Å². The third-order valence-corrected chi connectivity index (χ3v) is 4.50. The van der Waals surface area contributed by atoms with Gasteiger partial charge in [0.15, 0.2) is 5.01 Å². The van der Waals surface area contributed by atoms with Gasteiger partial charge in [0, 0.05) is 12.4 Å². The number of carbonyl (C=O) groups excluding carboxylic acids is 2. The number of esters is 1. The number of amides is 1. The number of nitrogens with one attached hydrogen (secondary N) is 1. The third-order valence-electron chi connectivity index (χ3n) is 3.48. The van der Waals surface area contributed by atoms with Crippen LogP contribution in [0.3, 0.4) is 0 Å². The van der Waals surface area contributed by atoms with Crippen molar-refractivity contribution in [3.05, 3.63) is 47.5 Å². The molecule has 124 valence electrons. The standard InChI is InChI=1S/C16H16N4O3S/c1-10-3-4-11-13(7-10)24-15(19-11)14(21)18-12(16(22)23-2)8-20-6-5-17-9-20/h3-7,9,12H,8H2,1-2H3,(H,18,21). The molecule has 2 heterocycles. The summed E-state index contributed by atoms with van der Waals surface area (Å²) in [6.07, 6.45) is 4.89. The van der Waals surface area contributed by atoms with Crippen LogP contribution in [-0.2, 0) is 16.1 Å². The Hall–Kier alpha value is -2.74. The lowest BCUT2D eigenvalue weighted by atomic mass is 10.2. The molecule has 0 saturated carbocycles. The highest BCUT2D eigenvalue weighted by Crippen LogP contribution is 2.23. The molecule has 7 nitrogen and oxygen atoms in total. The number of methoxy groups -OCH3 is 1. The van der Waals surface area contributed by atoms with Crippen molar-refractivity contribution in [2.24, 2.45) is 0 Å². The number of ether oxygens (including phenoxy) is 1. The minimum absolute atomic E-state index is 0.239. The minimum atomic E-state index is -0.814. The number of benzene rings is 1. The largest absolute Gasteiger partial charge is 0.467 e. The molecule has 1 amide bonds. The summed E-state index contributed by atoms with van der Waals surface area (Å²) in [5.41, 5.74) is 1.87.